The molecule has 0 radical (unpaired) electrons. The van der Waals surface area contributed by atoms with E-state index in [0.717, 1.165) is 5.56 Å². The summed E-state index contributed by atoms with van der Waals surface area (Å²) in [6, 6.07) is 4.81. The highest BCUT2D eigenvalue weighted by Crippen LogP contribution is 2.16. The van der Waals surface area contributed by atoms with E-state index in [1.807, 2.05) is 13.1 Å². The number of aromatic nitrogens is 2. The Hall–Kier alpha value is -2.30. The molecule has 1 amide bonds. The molecule has 2 rings (SSSR count). The van der Waals surface area contributed by atoms with E-state index in [4.69, 9.17) is 0 Å². The van der Waals surface area contributed by atoms with E-state index >= 15 is 0 Å². The van der Waals surface area contributed by atoms with Crippen LogP contribution < -0.4 is 5.32 Å². The quantitative estimate of drug-likeness (QED) is 0.877. The van der Waals surface area contributed by atoms with Gasteiger partial charge in [-0.1, -0.05) is 0 Å². The fourth-order valence-electron chi connectivity index (χ4n) is 1.77. The molecule has 1 aromatic carbocycles. The first-order chi connectivity index (χ1) is 9.06. The molecular weight excluding hydrogens is 242 g/mol. The molecule has 0 atom stereocenters. The number of aromatic hydroxyl groups is 1. The highest BCUT2D eigenvalue weighted by molar-refractivity contribution is 5.94. The van der Waals surface area contributed by atoms with Crippen LogP contribution in [0.2, 0.25) is 0 Å². The van der Waals surface area contributed by atoms with Crippen molar-refractivity contribution in [3.63, 3.8) is 0 Å². The second-order valence-electron chi connectivity index (χ2n) is 4.54. The summed E-state index contributed by atoms with van der Waals surface area (Å²) in [5, 5.41) is 16.4. The normalized spacial score (nSPS) is 10.4. The van der Waals surface area contributed by atoms with Gasteiger partial charge in [-0.2, -0.15) is 5.10 Å². The highest BCUT2D eigenvalue weighted by Gasteiger charge is 2.06. The Kier molecular flexibility index (Phi) is 3.85. The Bertz CT molecular complexity index is 590. The lowest BCUT2D eigenvalue weighted by atomic mass is 10.1. The second kappa shape index (κ2) is 5.56. The minimum Gasteiger partial charge on any atom is -0.508 e. The Balaban J connectivity index is 1.89. The van der Waals surface area contributed by atoms with Crippen molar-refractivity contribution in [2.24, 2.45) is 0 Å². The topological polar surface area (TPSA) is 67.2 Å². The van der Waals surface area contributed by atoms with Crippen LogP contribution in [0.4, 0.5) is 0 Å². The van der Waals surface area contributed by atoms with Crippen LogP contribution in [0.5, 0.6) is 5.75 Å². The predicted molar refractivity (Wildman–Crippen MR) is 72.1 cm³/mol. The summed E-state index contributed by atoms with van der Waals surface area (Å²) in [6.45, 7) is 4.89. The highest BCUT2D eigenvalue weighted by atomic mass is 16.3. The number of phenols is 1. The van der Waals surface area contributed by atoms with Gasteiger partial charge in [-0.25, -0.2) is 0 Å². The van der Waals surface area contributed by atoms with E-state index in [2.05, 4.69) is 10.4 Å². The molecule has 0 unspecified atom stereocenters. The van der Waals surface area contributed by atoms with Crippen molar-refractivity contribution in [3.05, 3.63) is 47.3 Å². The van der Waals surface area contributed by atoms with Crippen LogP contribution in [0, 0.1) is 13.8 Å². The van der Waals surface area contributed by atoms with E-state index in [-0.39, 0.29) is 11.7 Å². The number of benzene rings is 1. The molecule has 0 saturated heterocycles. The monoisotopic (exact) mass is 259 g/mol. The molecule has 19 heavy (non-hydrogen) atoms. The zero-order valence-electron chi connectivity index (χ0n) is 11.1. The fraction of sp³-hybridized carbons (Fsp3) is 0.286. The molecule has 2 N–H and O–H groups in total. The van der Waals surface area contributed by atoms with Gasteiger partial charge < -0.3 is 10.4 Å². The average molecular weight is 259 g/mol. The number of amides is 1. The molecule has 0 saturated carbocycles. The first-order valence-corrected chi connectivity index (χ1v) is 6.13. The third-order valence-corrected chi connectivity index (χ3v) is 2.85. The number of nitrogens with one attached hydrogen (secondary N) is 1. The maximum atomic E-state index is 11.9. The van der Waals surface area contributed by atoms with Crippen molar-refractivity contribution in [1.82, 2.24) is 15.1 Å². The van der Waals surface area contributed by atoms with Crippen LogP contribution in [-0.4, -0.2) is 27.3 Å². The zero-order chi connectivity index (χ0) is 13.8. The lowest BCUT2D eigenvalue weighted by Crippen LogP contribution is -2.27. The van der Waals surface area contributed by atoms with Crippen molar-refractivity contribution in [1.29, 1.82) is 0 Å². The number of hydrogen-bond acceptors (Lipinski definition) is 3. The second-order valence-corrected chi connectivity index (χ2v) is 4.54. The van der Waals surface area contributed by atoms with Crippen LogP contribution >= 0.6 is 0 Å². The molecule has 1 aromatic heterocycles. The van der Waals surface area contributed by atoms with Crippen LogP contribution in [0.3, 0.4) is 0 Å². The minimum absolute atomic E-state index is 0.146. The number of nitrogens with zero attached hydrogens (tertiary/aromatic N) is 2. The van der Waals surface area contributed by atoms with Crippen molar-refractivity contribution < 1.29 is 9.90 Å². The molecule has 2 aromatic rings. The van der Waals surface area contributed by atoms with Gasteiger partial charge in [-0.3, -0.25) is 9.48 Å². The van der Waals surface area contributed by atoms with E-state index in [1.165, 1.54) is 6.07 Å². The van der Waals surface area contributed by atoms with Crippen molar-refractivity contribution in [3.8, 4) is 5.75 Å². The Labute approximate surface area is 111 Å². The lowest BCUT2D eigenvalue weighted by molar-refractivity contribution is 0.0952. The van der Waals surface area contributed by atoms with Gasteiger partial charge in [0, 0.05) is 18.3 Å². The van der Waals surface area contributed by atoms with Crippen LogP contribution in [0.15, 0.2) is 30.6 Å². The van der Waals surface area contributed by atoms with Gasteiger partial charge >= 0.3 is 0 Å². The number of carbonyl (C=O) groups excluding carboxylic acids is 1. The van der Waals surface area contributed by atoms with Gasteiger partial charge in [0.25, 0.3) is 5.91 Å². The Morgan fingerprint density at radius 2 is 2.21 bits per heavy atom. The predicted octanol–water partition coefficient (Wildman–Crippen LogP) is 1.64. The van der Waals surface area contributed by atoms with E-state index in [0.29, 0.717) is 24.2 Å². The fourth-order valence-corrected chi connectivity index (χ4v) is 1.77. The number of carbonyl (C=O) groups is 1. The molecule has 1 heterocycles. The SMILES string of the molecule is Cc1cnn(CCNC(=O)c2ccc(O)c(C)c2)c1. The Morgan fingerprint density at radius 1 is 1.42 bits per heavy atom. The van der Waals surface area contributed by atoms with E-state index in [1.54, 1.807) is 29.9 Å². The molecule has 5 heteroatoms. The summed E-state index contributed by atoms with van der Waals surface area (Å²) in [7, 11) is 0. The maximum absolute atomic E-state index is 11.9. The molecule has 0 bridgehead atoms. The maximum Gasteiger partial charge on any atom is 0.251 e. The van der Waals surface area contributed by atoms with Gasteiger partial charge in [0.15, 0.2) is 0 Å². The molecule has 0 aliphatic rings. The minimum atomic E-state index is -0.146. The number of aryl methyl sites for hydroxylation is 2. The molecule has 5 nitrogen and oxygen atoms in total. The molecule has 0 aliphatic heterocycles. The third-order valence-electron chi connectivity index (χ3n) is 2.85. The number of rotatable bonds is 4. The van der Waals surface area contributed by atoms with Gasteiger partial charge in [0.2, 0.25) is 0 Å². The molecule has 0 aliphatic carbocycles. The van der Waals surface area contributed by atoms with Crippen molar-refractivity contribution >= 4 is 5.91 Å². The number of phenolic OH excluding ortho intramolecular Hbond substituents is 1. The molecule has 0 spiro atoms. The number of hydrogen-bond donors (Lipinski definition) is 2. The summed E-state index contributed by atoms with van der Waals surface area (Å²) in [6.07, 6.45) is 3.71. The van der Waals surface area contributed by atoms with Crippen molar-refractivity contribution in [2.45, 2.75) is 20.4 Å². The molecule has 100 valence electrons. The first-order valence-electron chi connectivity index (χ1n) is 6.13. The van der Waals surface area contributed by atoms with Gasteiger partial charge in [0.1, 0.15) is 5.75 Å². The van der Waals surface area contributed by atoms with Crippen LogP contribution in [0.1, 0.15) is 21.5 Å². The molecule has 0 fully saturated rings. The van der Waals surface area contributed by atoms with Crippen molar-refractivity contribution in [2.75, 3.05) is 6.54 Å². The lowest BCUT2D eigenvalue weighted by Gasteiger charge is -2.07. The Morgan fingerprint density at radius 3 is 2.84 bits per heavy atom. The summed E-state index contributed by atoms with van der Waals surface area (Å²) in [5.74, 6) is 0.0514. The van der Waals surface area contributed by atoms with Gasteiger partial charge in [-0.15, -0.1) is 0 Å². The third kappa shape index (κ3) is 3.34. The zero-order valence-corrected chi connectivity index (χ0v) is 11.1. The molecular formula is C14H17N3O2. The average Bonchev–Trinajstić information content (AvgIpc) is 2.78. The largest absolute Gasteiger partial charge is 0.508 e. The van der Waals surface area contributed by atoms with Crippen LogP contribution in [-0.2, 0) is 6.54 Å². The van der Waals surface area contributed by atoms with E-state index < -0.39 is 0 Å². The summed E-state index contributed by atoms with van der Waals surface area (Å²) >= 11 is 0. The first kappa shape index (κ1) is 13.1. The summed E-state index contributed by atoms with van der Waals surface area (Å²) in [5.41, 5.74) is 2.34. The van der Waals surface area contributed by atoms with Gasteiger partial charge in [-0.05, 0) is 43.2 Å². The van der Waals surface area contributed by atoms with Crippen LogP contribution in [0.25, 0.3) is 0 Å². The van der Waals surface area contributed by atoms with Gasteiger partial charge in [0.05, 0.1) is 12.7 Å². The van der Waals surface area contributed by atoms with E-state index in [9.17, 15) is 9.90 Å². The standard InChI is InChI=1S/C14H17N3O2/c1-10-8-16-17(9-10)6-5-15-14(19)12-3-4-13(18)11(2)7-12/h3-4,7-9,18H,5-6H2,1-2H3,(H,15,19). The smallest absolute Gasteiger partial charge is 0.251 e. The summed E-state index contributed by atoms with van der Waals surface area (Å²) in [4.78, 5) is 11.9. The summed E-state index contributed by atoms with van der Waals surface area (Å²) < 4.78 is 1.79.